The smallest absolute Gasteiger partial charge is 0.241 e. The molecule has 1 amide bonds. The van der Waals surface area contributed by atoms with Crippen LogP contribution in [0.25, 0.3) is 0 Å². The summed E-state index contributed by atoms with van der Waals surface area (Å²) in [5.74, 6) is -1.30. The molecule has 1 aromatic carbocycles. The first-order valence-corrected chi connectivity index (χ1v) is 10.4. The van der Waals surface area contributed by atoms with E-state index in [1.807, 2.05) is 13.8 Å². The number of nitrogens with two attached hydrogens (primary N) is 1. The molecule has 0 fully saturated rings. The lowest BCUT2D eigenvalue weighted by molar-refractivity contribution is -0.119. The monoisotopic (exact) mass is 481 g/mol. The Bertz CT molecular complexity index is 1030. The second kappa shape index (κ2) is 12.5. The van der Waals surface area contributed by atoms with E-state index < -0.39 is 11.6 Å². The van der Waals surface area contributed by atoms with E-state index in [4.69, 9.17) is 22.1 Å². The number of hydrogen-bond donors (Lipinski definition) is 4. The van der Waals surface area contributed by atoms with Crippen molar-refractivity contribution < 1.29 is 18.3 Å². The molecule has 0 atom stereocenters. The molecule has 0 saturated carbocycles. The van der Waals surface area contributed by atoms with Crippen LogP contribution in [0.2, 0.25) is 5.02 Å². The fraction of sp³-hybridized carbons (Fsp3) is 0.333. The Morgan fingerprint density at radius 3 is 2.79 bits per heavy atom. The van der Waals surface area contributed by atoms with E-state index in [2.05, 4.69) is 30.9 Å². The number of nitrogens with one attached hydrogen (secondary N) is 3. The molecular formula is C21H26ClF2N7O2. The second-order valence-electron chi connectivity index (χ2n) is 7.20. The number of amides is 1. The highest BCUT2D eigenvalue weighted by molar-refractivity contribution is 6.32. The number of carbonyl (C=O) groups is 1. The maximum atomic E-state index is 14.3. The van der Waals surface area contributed by atoms with Gasteiger partial charge in [0.25, 0.3) is 0 Å². The quantitative estimate of drug-likeness (QED) is 0.363. The Balaban J connectivity index is 2.04. The molecule has 1 heterocycles. The van der Waals surface area contributed by atoms with E-state index in [0.29, 0.717) is 18.2 Å². The molecule has 0 unspecified atom stereocenters. The molecule has 0 bridgehead atoms. The highest BCUT2D eigenvalue weighted by Gasteiger charge is 2.15. The Kier molecular flexibility index (Phi) is 9.80. The molecule has 33 heavy (non-hydrogen) atoms. The molecule has 2 rings (SSSR count). The fourth-order valence-corrected chi connectivity index (χ4v) is 2.62. The summed E-state index contributed by atoms with van der Waals surface area (Å²) in [6.45, 7) is 4.22. The number of rotatable bonds is 11. The van der Waals surface area contributed by atoms with Crippen molar-refractivity contribution in [1.82, 2.24) is 15.3 Å². The van der Waals surface area contributed by atoms with Crippen molar-refractivity contribution >= 4 is 35.5 Å². The summed E-state index contributed by atoms with van der Waals surface area (Å²) >= 11 is 6.10. The minimum atomic E-state index is -0.824. The zero-order valence-corrected chi connectivity index (χ0v) is 19.2. The van der Waals surface area contributed by atoms with Crippen molar-refractivity contribution in [3.63, 3.8) is 0 Å². The highest BCUT2D eigenvalue weighted by Crippen LogP contribution is 2.25. The van der Waals surface area contributed by atoms with Crippen molar-refractivity contribution in [3.05, 3.63) is 52.4 Å². The molecule has 9 nitrogen and oxygen atoms in total. The predicted molar refractivity (Wildman–Crippen MR) is 124 cm³/mol. The van der Waals surface area contributed by atoms with E-state index in [-0.39, 0.29) is 47.1 Å². The summed E-state index contributed by atoms with van der Waals surface area (Å²) in [6.07, 6.45) is 3.89. The van der Waals surface area contributed by atoms with Gasteiger partial charge in [-0.15, -0.1) is 0 Å². The zero-order chi connectivity index (χ0) is 24.4. The van der Waals surface area contributed by atoms with Gasteiger partial charge in [0.2, 0.25) is 11.9 Å². The van der Waals surface area contributed by atoms with Crippen LogP contribution >= 0.6 is 11.6 Å². The highest BCUT2D eigenvalue weighted by atomic mass is 35.5. The average molecular weight is 482 g/mol. The largest absolute Gasteiger partial charge is 0.494 e. The molecular weight excluding hydrogens is 456 g/mol. The lowest BCUT2D eigenvalue weighted by atomic mass is 10.2. The molecule has 0 radical (unpaired) electrons. The van der Waals surface area contributed by atoms with Gasteiger partial charge in [-0.3, -0.25) is 9.79 Å². The van der Waals surface area contributed by atoms with E-state index in [1.54, 1.807) is 0 Å². The van der Waals surface area contributed by atoms with Gasteiger partial charge in [0, 0.05) is 31.1 Å². The number of aromatic nitrogens is 2. The molecule has 5 N–H and O–H groups in total. The SMILES string of the molecule is COc1ccc(F)c(CNc2nc(NC(C=NCC(=O)NCC(C)C)=CN)ncc2Cl)c1F. The van der Waals surface area contributed by atoms with Crippen molar-refractivity contribution in [2.45, 2.75) is 20.4 Å². The van der Waals surface area contributed by atoms with Gasteiger partial charge < -0.3 is 26.4 Å². The third-order valence-electron chi connectivity index (χ3n) is 4.16. The predicted octanol–water partition coefficient (Wildman–Crippen LogP) is 3.08. The number of allylic oxidation sites excluding steroid dienone is 1. The summed E-state index contributed by atoms with van der Waals surface area (Å²) in [7, 11) is 1.29. The van der Waals surface area contributed by atoms with Crippen LogP contribution in [0.3, 0.4) is 0 Å². The molecule has 12 heteroatoms. The third kappa shape index (κ3) is 7.86. The minimum absolute atomic E-state index is 0.0717. The van der Waals surface area contributed by atoms with Crippen LogP contribution in [-0.2, 0) is 11.3 Å². The van der Waals surface area contributed by atoms with Gasteiger partial charge in [-0.05, 0) is 18.1 Å². The van der Waals surface area contributed by atoms with Crippen LogP contribution in [0.4, 0.5) is 20.5 Å². The maximum absolute atomic E-state index is 14.3. The van der Waals surface area contributed by atoms with E-state index >= 15 is 0 Å². The number of methoxy groups -OCH3 is 1. The molecule has 0 aliphatic rings. The number of nitrogens with zero attached hydrogens (tertiary/aromatic N) is 3. The van der Waals surface area contributed by atoms with E-state index in [9.17, 15) is 13.6 Å². The number of aliphatic imine (C=N–C) groups is 1. The van der Waals surface area contributed by atoms with E-state index in [0.717, 1.165) is 6.07 Å². The van der Waals surface area contributed by atoms with Gasteiger partial charge >= 0.3 is 0 Å². The fourth-order valence-electron chi connectivity index (χ4n) is 2.47. The van der Waals surface area contributed by atoms with Gasteiger partial charge in [0.05, 0.1) is 19.0 Å². The molecule has 0 aliphatic heterocycles. The Morgan fingerprint density at radius 1 is 1.36 bits per heavy atom. The summed E-state index contributed by atoms with van der Waals surface area (Å²) in [6, 6.07) is 2.30. The second-order valence-corrected chi connectivity index (χ2v) is 7.61. The van der Waals surface area contributed by atoms with E-state index in [1.165, 1.54) is 31.8 Å². The Morgan fingerprint density at radius 2 is 2.12 bits per heavy atom. The minimum Gasteiger partial charge on any atom is -0.494 e. The van der Waals surface area contributed by atoms with Crippen molar-refractivity contribution in [2.75, 3.05) is 30.8 Å². The zero-order valence-electron chi connectivity index (χ0n) is 18.5. The van der Waals surface area contributed by atoms with Gasteiger partial charge in [0.1, 0.15) is 17.4 Å². The number of halogens is 3. The molecule has 0 spiro atoms. The molecule has 0 aliphatic carbocycles. The first kappa shape index (κ1) is 25.8. The summed E-state index contributed by atoms with van der Waals surface area (Å²) in [5, 5.41) is 8.49. The van der Waals surface area contributed by atoms with Gasteiger partial charge in [0.15, 0.2) is 17.4 Å². The molecule has 178 valence electrons. The topological polar surface area (TPSA) is 127 Å². The van der Waals surface area contributed by atoms with Crippen molar-refractivity contribution in [3.8, 4) is 5.75 Å². The van der Waals surface area contributed by atoms with Gasteiger partial charge in [-0.1, -0.05) is 25.4 Å². The lowest BCUT2D eigenvalue weighted by Crippen LogP contribution is -2.29. The summed E-state index contributed by atoms with van der Waals surface area (Å²) in [4.78, 5) is 24.0. The van der Waals surface area contributed by atoms with Gasteiger partial charge in [-0.2, -0.15) is 4.98 Å². The Hall–Kier alpha value is -3.47. The number of benzene rings is 1. The van der Waals surface area contributed by atoms with Crippen LogP contribution < -0.4 is 26.4 Å². The van der Waals surface area contributed by atoms with Crippen LogP contribution in [0.15, 0.2) is 35.2 Å². The van der Waals surface area contributed by atoms with Crippen LogP contribution in [0.5, 0.6) is 5.75 Å². The molecule has 2 aromatic rings. The molecule has 1 aromatic heterocycles. The van der Waals surface area contributed by atoms with Crippen LogP contribution in [-0.4, -0.2) is 42.3 Å². The first-order valence-electron chi connectivity index (χ1n) is 9.97. The Labute approximate surface area is 195 Å². The lowest BCUT2D eigenvalue weighted by Gasteiger charge is -2.12. The number of carbonyl (C=O) groups excluding carboxylic acids is 1. The average Bonchev–Trinajstić information content (AvgIpc) is 2.78. The normalized spacial score (nSPS) is 11.7. The summed E-state index contributed by atoms with van der Waals surface area (Å²) in [5.41, 5.74) is 5.68. The maximum Gasteiger partial charge on any atom is 0.241 e. The van der Waals surface area contributed by atoms with Crippen LogP contribution in [0.1, 0.15) is 19.4 Å². The number of hydrogen-bond acceptors (Lipinski definition) is 8. The number of ether oxygens (including phenoxy) is 1. The molecule has 0 saturated heterocycles. The third-order valence-corrected chi connectivity index (χ3v) is 4.43. The van der Waals surface area contributed by atoms with Gasteiger partial charge in [-0.25, -0.2) is 13.8 Å². The van der Waals surface area contributed by atoms with Crippen LogP contribution in [0, 0.1) is 17.6 Å². The standard InChI is InChI=1S/C21H26ClF2N7O2/c1-12(2)7-27-18(32)11-26-8-13(6-25)30-21-29-10-15(22)20(31-21)28-9-14-16(23)4-5-17(33-3)19(14)24/h4-6,8,10,12H,7,9,11,25H2,1-3H3,(H,27,32)(H2,28,29,30,31). The van der Waals surface area contributed by atoms with Crippen molar-refractivity contribution in [1.29, 1.82) is 0 Å². The first-order chi connectivity index (χ1) is 15.7. The number of anilines is 2. The summed E-state index contributed by atoms with van der Waals surface area (Å²) < 4.78 is 33.3. The van der Waals surface area contributed by atoms with Crippen molar-refractivity contribution in [2.24, 2.45) is 16.6 Å².